The fourth-order valence-electron chi connectivity index (χ4n) is 3.34. The first kappa shape index (κ1) is 22.2. The predicted molar refractivity (Wildman–Crippen MR) is 105 cm³/mol. The van der Waals surface area contributed by atoms with E-state index in [0.717, 1.165) is 19.2 Å². The molecule has 2 aromatic carbocycles. The van der Waals surface area contributed by atoms with Crippen molar-refractivity contribution < 1.29 is 40.6 Å². The smallest absolute Gasteiger partial charge is 0.465 e. The molecule has 1 N–H and O–H groups in total. The Morgan fingerprint density at radius 3 is 2.27 bits per heavy atom. The Balaban J connectivity index is 1.91. The fraction of sp³-hybridized carbons (Fsp3) is 0.143. The lowest BCUT2D eigenvalue weighted by molar-refractivity contribution is -0.274. The highest BCUT2D eigenvalue weighted by Gasteiger charge is 2.39. The molecule has 0 fully saturated rings. The van der Waals surface area contributed by atoms with Crippen LogP contribution in [0.25, 0.3) is 16.7 Å². The molecule has 0 aliphatic carbocycles. The topological polar surface area (TPSA) is 64.9 Å². The van der Waals surface area contributed by atoms with Crippen LogP contribution in [0.3, 0.4) is 0 Å². The molecule has 0 unspecified atom stereocenters. The van der Waals surface area contributed by atoms with E-state index in [9.17, 15) is 31.1 Å². The standard InChI is InChI=1S/C21H13F6N3O3/c1-32-19(31)17-13(20(22,23)24)10-16(30-15-5-3-2-4-14(15)29-18(17)30)28-11-6-8-12(9-7-11)33-21(25,26)27/h2-10,28H,1H3. The van der Waals surface area contributed by atoms with Gasteiger partial charge in [0.25, 0.3) is 0 Å². The van der Waals surface area contributed by atoms with Gasteiger partial charge < -0.3 is 14.8 Å². The molecular formula is C21H13F6N3O3. The average molecular weight is 469 g/mol. The third-order valence-electron chi connectivity index (χ3n) is 4.63. The number of esters is 1. The van der Waals surface area contributed by atoms with Gasteiger partial charge in [-0.3, -0.25) is 4.40 Å². The summed E-state index contributed by atoms with van der Waals surface area (Å²) < 4.78 is 88.4. The fourth-order valence-corrected chi connectivity index (χ4v) is 3.34. The highest BCUT2D eigenvalue weighted by atomic mass is 19.4. The van der Waals surface area contributed by atoms with Crippen LogP contribution in [0.4, 0.5) is 37.8 Å². The second-order valence-electron chi connectivity index (χ2n) is 6.76. The number of benzene rings is 2. The molecule has 0 spiro atoms. The van der Waals surface area contributed by atoms with E-state index in [2.05, 4.69) is 19.8 Å². The quantitative estimate of drug-likeness (QED) is 0.296. The van der Waals surface area contributed by atoms with Crippen molar-refractivity contribution in [3.05, 3.63) is 65.7 Å². The molecule has 2 aromatic heterocycles. The zero-order valence-corrected chi connectivity index (χ0v) is 16.6. The third-order valence-corrected chi connectivity index (χ3v) is 4.63. The number of rotatable bonds is 4. The van der Waals surface area contributed by atoms with E-state index in [1.807, 2.05) is 0 Å². The average Bonchev–Trinajstić information content (AvgIpc) is 3.12. The molecule has 0 amide bonds. The van der Waals surface area contributed by atoms with Crippen molar-refractivity contribution in [2.24, 2.45) is 0 Å². The summed E-state index contributed by atoms with van der Waals surface area (Å²) in [5.41, 5.74) is -1.46. The predicted octanol–water partition coefficient (Wildman–Crippen LogP) is 5.94. The van der Waals surface area contributed by atoms with Crippen LogP contribution in [0.1, 0.15) is 15.9 Å². The Bertz CT molecular complexity index is 1340. The van der Waals surface area contributed by atoms with E-state index < -0.39 is 35.4 Å². The summed E-state index contributed by atoms with van der Waals surface area (Å²) in [4.78, 5) is 16.5. The first-order valence-corrected chi connectivity index (χ1v) is 9.20. The van der Waals surface area contributed by atoms with Gasteiger partial charge >= 0.3 is 18.5 Å². The molecule has 0 aliphatic heterocycles. The Morgan fingerprint density at radius 1 is 1.00 bits per heavy atom. The molecule has 0 bridgehead atoms. The maximum absolute atomic E-state index is 13.9. The molecule has 0 saturated carbocycles. The van der Waals surface area contributed by atoms with Crippen molar-refractivity contribution in [3.8, 4) is 5.75 Å². The number of carbonyl (C=O) groups excluding carboxylic acids is 1. The second kappa shape index (κ2) is 7.87. The first-order chi connectivity index (χ1) is 15.5. The molecule has 2 heterocycles. The van der Waals surface area contributed by atoms with Gasteiger partial charge in [0.15, 0.2) is 5.65 Å². The Morgan fingerprint density at radius 2 is 1.67 bits per heavy atom. The number of nitrogens with one attached hydrogen (secondary N) is 1. The highest BCUT2D eigenvalue weighted by Crippen LogP contribution is 2.38. The highest BCUT2D eigenvalue weighted by molar-refractivity contribution is 6.01. The Labute approximate surface area is 181 Å². The van der Waals surface area contributed by atoms with E-state index in [0.29, 0.717) is 17.1 Å². The number of carbonyl (C=O) groups is 1. The number of fused-ring (bicyclic) bond motifs is 3. The number of alkyl halides is 6. The minimum Gasteiger partial charge on any atom is -0.465 e. The number of para-hydroxylation sites is 2. The lowest BCUT2D eigenvalue weighted by atomic mass is 10.1. The minimum atomic E-state index is -4.93. The number of imidazole rings is 1. The molecule has 0 aliphatic rings. The number of methoxy groups -OCH3 is 1. The van der Waals surface area contributed by atoms with E-state index >= 15 is 0 Å². The molecule has 0 radical (unpaired) electrons. The monoisotopic (exact) mass is 469 g/mol. The maximum Gasteiger partial charge on any atom is 0.573 e. The Hall–Kier alpha value is -3.96. The summed E-state index contributed by atoms with van der Waals surface area (Å²) in [5, 5.41) is 2.75. The van der Waals surface area contributed by atoms with Crippen molar-refractivity contribution >= 4 is 34.2 Å². The van der Waals surface area contributed by atoms with Gasteiger partial charge in [0.05, 0.1) is 23.7 Å². The van der Waals surface area contributed by atoms with Crippen molar-refractivity contribution in [3.63, 3.8) is 0 Å². The summed E-state index contributed by atoms with van der Waals surface area (Å²) in [6, 6.07) is 11.6. The lowest BCUT2D eigenvalue weighted by Gasteiger charge is -2.17. The van der Waals surface area contributed by atoms with Gasteiger partial charge in [-0.2, -0.15) is 13.2 Å². The van der Waals surface area contributed by atoms with Gasteiger partial charge in [0.2, 0.25) is 0 Å². The number of aromatic nitrogens is 2. The number of hydrogen-bond donors (Lipinski definition) is 1. The SMILES string of the molecule is COC(=O)c1c(C(F)(F)F)cc(Nc2ccc(OC(F)(F)F)cc2)n2c1nc1ccccc12. The molecule has 0 saturated heterocycles. The van der Waals surface area contributed by atoms with Gasteiger partial charge in [-0.15, -0.1) is 13.2 Å². The normalized spacial score (nSPS) is 12.2. The van der Waals surface area contributed by atoms with Crippen molar-refractivity contribution in [2.45, 2.75) is 12.5 Å². The lowest BCUT2D eigenvalue weighted by Crippen LogP contribution is -2.18. The number of pyridine rings is 1. The summed E-state index contributed by atoms with van der Waals surface area (Å²) in [5.74, 6) is -1.84. The van der Waals surface area contributed by atoms with Crippen molar-refractivity contribution in [1.29, 1.82) is 0 Å². The molecule has 0 atom stereocenters. The van der Waals surface area contributed by atoms with E-state index in [1.54, 1.807) is 24.3 Å². The van der Waals surface area contributed by atoms with Crippen LogP contribution >= 0.6 is 0 Å². The van der Waals surface area contributed by atoms with Crippen molar-refractivity contribution in [2.75, 3.05) is 12.4 Å². The first-order valence-electron chi connectivity index (χ1n) is 9.20. The van der Waals surface area contributed by atoms with Gasteiger partial charge in [-0.1, -0.05) is 12.1 Å². The largest absolute Gasteiger partial charge is 0.573 e. The van der Waals surface area contributed by atoms with Crippen LogP contribution in [0, 0.1) is 0 Å². The van der Waals surface area contributed by atoms with Crippen molar-refractivity contribution in [1.82, 2.24) is 9.38 Å². The maximum atomic E-state index is 13.9. The zero-order chi connectivity index (χ0) is 24.0. The third kappa shape index (κ3) is 4.36. The number of nitrogens with zero attached hydrogens (tertiary/aromatic N) is 2. The Kier molecular flexibility index (Phi) is 5.30. The summed E-state index contributed by atoms with van der Waals surface area (Å²) >= 11 is 0. The molecule has 4 rings (SSSR count). The van der Waals surface area contributed by atoms with Crippen LogP contribution in [0.15, 0.2) is 54.6 Å². The van der Waals surface area contributed by atoms with Crippen LogP contribution in [0.5, 0.6) is 5.75 Å². The van der Waals surface area contributed by atoms with Gasteiger partial charge in [0.1, 0.15) is 17.1 Å². The molecule has 6 nitrogen and oxygen atoms in total. The molecule has 33 heavy (non-hydrogen) atoms. The van der Waals surface area contributed by atoms with Gasteiger partial charge in [-0.05, 0) is 42.5 Å². The second-order valence-corrected chi connectivity index (χ2v) is 6.76. The summed E-state index contributed by atoms with van der Waals surface area (Å²) in [7, 11) is 0.957. The number of ether oxygens (including phenoxy) is 2. The van der Waals surface area contributed by atoms with Crippen LogP contribution < -0.4 is 10.1 Å². The summed E-state index contributed by atoms with van der Waals surface area (Å²) in [6.45, 7) is 0. The van der Waals surface area contributed by atoms with Gasteiger partial charge in [0, 0.05) is 5.69 Å². The van der Waals surface area contributed by atoms with E-state index in [-0.39, 0.29) is 17.2 Å². The number of halogens is 6. The molecular weight excluding hydrogens is 456 g/mol. The molecule has 12 heteroatoms. The van der Waals surface area contributed by atoms with Crippen LogP contribution in [-0.4, -0.2) is 28.8 Å². The minimum absolute atomic E-state index is 0.122. The van der Waals surface area contributed by atoms with Crippen LogP contribution in [0.2, 0.25) is 0 Å². The number of anilines is 2. The van der Waals surface area contributed by atoms with Gasteiger partial charge in [-0.25, -0.2) is 9.78 Å². The molecule has 4 aromatic rings. The van der Waals surface area contributed by atoms with E-state index in [1.165, 1.54) is 16.5 Å². The number of hydrogen-bond acceptors (Lipinski definition) is 5. The van der Waals surface area contributed by atoms with E-state index in [4.69, 9.17) is 0 Å². The zero-order valence-electron chi connectivity index (χ0n) is 16.6. The molecule has 172 valence electrons. The summed E-state index contributed by atoms with van der Waals surface area (Å²) in [6.07, 6.45) is -9.81. The van der Waals surface area contributed by atoms with Crippen LogP contribution in [-0.2, 0) is 10.9 Å².